The maximum Gasteiger partial charge on any atom is 0.220 e. The van der Waals surface area contributed by atoms with Crippen LogP contribution >= 0.6 is 0 Å². The number of carbonyl (C=O) groups is 1. The number of hydrogen-bond acceptors (Lipinski definition) is 3. The second-order valence-electron chi connectivity index (χ2n) is 4.76. The van der Waals surface area contributed by atoms with Gasteiger partial charge in [-0.2, -0.15) is 4.31 Å². The van der Waals surface area contributed by atoms with Gasteiger partial charge in [-0.05, 0) is 5.56 Å². The van der Waals surface area contributed by atoms with E-state index in [1.54, 1.807) is 4.90 Å². The summed E-state index contributed by atoms with van der Waals surface area (Å²) in [5.41, 5.74) is 0.964. The van der Waals surface area contributed by atoms with Crippen LogP contribution in [0.15, 0.2) is 30.3 Å². The molecule has 104 valence electrons. The minimum Gasteiger partial charge on any atom is -0.333 e. The van der Waals surface area contributed by atoms with Gasteiger partial charge in [0.15, 0.2) is 0 Å². The van der Waals surface area contributed by atoms with Crippen LogP contribution in [0.25, 0.3) is 0 Å². The molecular formula is C13H18N2O3S. The summed E-state index contributed by atoms with van der Waals surface area (Å²) in [6.07, 6.45) is 1.21. The lowest BCUT2D eigenvalue weighted by Crippen LogP contribution is -2.51. The third-order valence-corrected chi connectivity index (χ3v) is 4.67. The first kappa shape index (κ1) is 14.0. The van der Waals surface area contributed by atoms with Crippen LogP contribution in [0.5, 0.6) is 0 Å². The Labute approximate surface area is 113 Å². The van der Waals surface area contributed by atoms with Crippen LogP contribution < -0.4 is 0 Å². The number of amides is 1. The first-order valence-corrected chi connectivity index (χ1v) is 8.01. The van der Waals surface area contributed by atoms with Gasteiger partial charge in [0.05, 0.1) is 12.3 Å². The molecule has 0 N–H and O–H groups in total. The van der Waals surface area contributed by atoms with Crippen LogP contribution in [-0.4, -0.2) is 49.4 Å². The standard InChI is InChI=1S/C13H18N2O3S/c1-11(16)15-9-8-14(19(2,17)18)10-13(15)12-6-4-3-5-7-12/h3-7,13H,8-10H2,1-2H3/t13-/m0/s1. The fourth-order valence-electron chi connectivity index (χ4n) is 2.40. The highest BCUT2D eigenvalue weighted by Gasteiger charge is 2.33. The quantitative estimate of drug-likeness (QED) is 0.808. The van der Waals surface area contributed by atoms with Gasteiger partial charge < -0.3 is 4.90 Å². The van der Waals surface area contributed by atoms with Crippen molar-refractivity contribution in [3.05, 3.63) is 35.9 Å². The zero-order valence-corrected chi connectivity index (χ0v) is 11.9. The molecule has 1 aliphatic rings. The van der Waals surface area contributed by atoms with Crippen LogP contribution in [0.1, 0.15) is 18.5 Å². The molecular weight excluding hydrogens is 264 g/mol. The van der Waals surface area contributed by atoms with Crippen LogP contribution in [0, 0.1) is 0 Å². The number of rotatable bonds is 2. The Morgan fingerprint density at radius 1 is 1.21 bits per heavy atom. The van der Waals surface area contributed by atoms with Crippen molar-refractivity contribution in [3.8, 4) is 0 Å². The molecule has 1 amide bonds. The largest absolute Gasteiger partial charge is 0.333 e. The van der Waals surface area contributed by atoms with Crippen LogP contribution in [-0.2, 0) is 14.8 Å². The molecule has 1 atom stereocenters. The van der Waals surface area contributed by atoms with Gasteiger partial charge in [-0.15, -0.1) is 0 Å². The van der Waals surface area contributed by atoms with E-state index in [4.69, 9.17) is 0 Å². The Bertz CT molecular complexity index is 557. The maximum absolute atomic E-state index is 11.7. The highest BCUT2D eigenvalue weighted by Crippen LogP contribution is 2.26. The van der Waals surface area contributed by atoms with Gasteiger partial charge in [-0.25, -0.2) is 8.42 Å². The van der Waals surface area contributed by atoms with E-state index in [-0.39, 0.29) is 11.9 Å². The smallest absolute Gasteiger partial charge is 0.220 e. The van der Waals surface area contributed by atoms with E-state index in [1.165, 1.54) is 17.5 Å². The molecule has 0 radical (unpaired) electrons. The predicted octanol–water partition coefficient (Wildman–Crippen LogP) is 0.851. The number of piperazine rings is 1. The summed E-state index contributed by atoms with van der Waals surface area (Å²) in [6, 6.07) is 9.33. The van der Waals surface area contributed by atoms with Crippen molar-refractivity contribution in [2.75, 3.05) is 25.9 Å². The van der Waals surface area contributed by atoms with Gasteiger partial charge in [0, 0.05) is 26.6 Å². The minimum absolute atomic E-state index is 0.0259. The first-order chi connectivity index (χ1) is 8.89. The molecule has 1 aliphatic heterocycles. The summed E-state index contributed by atoms with van der Waals surface area (Å²) in [7, 11) is -3.22. The van der Waals surface area contributed by atoms with Crippen molar-refractivity contribution in [1.29, 1.82) is 0 Å². The molecule has 1 fully saturated rings. The third kappa shape index (κ3) is 3.13. The van der Waals surface area contributed by atoms with Gasteiger partial charge >= 0.3 is 0 Å². The van der Waals surface area contributed by atoms with E-state index >= 15 is 0 Å². The van der Waals surface area contributed by atoms with Gasteiger partial charge in [0.25, 0.3) is 0 Å². The minimum atomic E-state index is -3.22. The number of benzene rings is 1. The normalized spacial score (nSPS) is 21.4. The molecule has 2 rings (SSSR count). The summed E-state index contributed by atoms with van der Waals surface area (Å²) in [6.45, 7) is 2.64. The number of hydrogen-bond donors (Lipinski definition) is 0. The van der Waals surface area contributed by atoms with Crippen molar-refractivity contribution in [2.24, 2.45) is 0 Å². The summed E-state index contributed by atoms with van der Waals surface area (Å²) in [5, 5.41) is 0. The Morgan fingerprint density at radius 2 is 1.84 bits per heavy atom. The molecule has 0 aromatic heterocycles. The SMILES string of the molecule is CC(=O)N1CCN(S(C)(=O)=O)C[C@H]1c1ccccc1. The Balaban J connectivity index is 2.31. The fraction of sp³-hybridized carbons (Fsp3) is 0.462. The number of nitrogens with zero attached hydrogens (tertiary/aromatic N) is 2. The zero-order chi connectivity index (χ0) is 14.0. The van der Waals surface area contributed by atoms with Crippen molar-refractivity contribution in [1.82, 2.24) is 9.21 Å². The van der Waals surface area contributed by atoms with Gasteiger partial charge in [-0.1, -0.05) is 30.3 Å². The average Bonchev–Trinajstić information content (AvgIpc) is 2.38. The Morgan fingerprint density at radius 3 is 2.37 bits per heavy atom. The summed E-state index contributed by atoms with van der Waals surface area (Å²) >= 11 is 0. The molecule has 0 saturated carbocycles. The summed E-state index contributed by atoms with van der Waals surface area (Å²) in [5.74, 6) is -0.0259. The molecule has 1 saturated heterocycles. The molecule has 0 bridgehead atoms. The van der Waals surface area contributed by atoms with E-state index < -0.39 is 10.0 Å². The monoisotopic (exact) mass is 282 g/mol. The van der Waals surface area contributed by atoms with E-state index in [0.29, 0.717) is 19.6 Å². The lowest BCUT2D eigenvalue weighted by atomic mass is 10.0. The summed E-state index contributed by atoms with van der Waals surface area (Å²) < 4.78 is 24.8. The molecule has 19 heavy (non-hydrogen) atoms. The lowest BCUT2D eigenvalue weighted by Gasteiger charge is -2.40. The third-order valence-electron chi connectivity index (χ3n) is 3.40. The Kier molecular flexibility index (Phi) is 3.91. The van der Waals surface area contributed by atoms with Crippen molar-refractivity contribution in [2.45, 2.75) is 13.0 Å². The van der Waals surface area contributed by atoms with E-state index in [2.05, 4.69) is 0 Å². The molecule has 0 spiro atoms. The van der Waals surface area contributed by atoms with Crippen molar-refractivity contribution in [3.63, 3.8) is 0 Å². The molecule has 6 heteroatoms. The molecule has 1 aromatic carbocycles. The predicted molar refractivity (Wildman–Crippen MR) is 73.0 cm³/mol. The van der Waals surface area contributed by atoms with Gasteiger partial charge in [0.2, 0.25) is 15.9 Å². The van der Waals surface area contributed by atoms with Crippen LogP contribution in [0.2, 0.25) is 0 Å². The molecule has 5 nitrogen and oxygen atoms in total. The molecule has 0 aliphatic carbocycles. The lowest BCUT2D eigenvalue weighted by molar-refractivity contribution is -0.133. The Hall–Kier alpha value is -1.40. The molecule has 1 aromatic rings. The fourth-order valence-corrected chi connectivity index (χ4v) is 3.22. The molecule has 0 unspecified atom stereocenters. The zero-order valence-electron chi connectivity index (χ0n) is 11.1. The highest BCUT2D eigenvalue weighted by atomic mass is 32.2. The highest BCUT2D eigenvalue weighted by molar-refractivity contribution is 7.88. The van der Waals surface area contributed by atoms with Crippen LogP contribution in [0.4, 0.5) is 0 Å². The van der Waals surface area contributed by atoms with Crippen molar-refractivity contribution >= 4 is 15.9 Å². The number of carbonyl (C=O) groups excluding carboxylic acids is 1. The van der Waals surface area contributed by atoms with Crippen LogP contribution in [0.3, 0.4) is 0 Å². The topological polar surface area (TPSA) is 57.7 Å². The number of sulfonamides is 1. The second-order valence-corrected chi connectivity index (χ2v) is 6.74. The average molecular weight is 282 g/mol. The molecule has 1 heterocycles. The maximum atomic E-state index is 11.7. The van der Waals surface area contributed by atoms with E-state index in [9.17, 15) is 13.2 Å². The van der Waals surface area contributed by atoms with E-state index in [0.717, 1.165) is 5.56 Å². The van der Waals surface area contributed by atoms with Crippen molar-refractivity contribution < 1.29 is 13.2 Å². The van der Waals surface area contributed by atoms with Gasteiger partial charge in [-0.3, -0.25) is 4.79 Å². The summed E-state index contributed by atoms with van der Waals surface area (Å²) in [4.78, 5) is 13.4. The first-order valence-electron chi connectivity index (χ1n) is 6.17. The second kappa shape index (κ2) is 5.30. The van der Waals surface area contributed by atoms with Gasteiger partial charge in [0.1, 0.15) is 0 Å². The van der Waals surface area contributed by atoms with E-state index in [1.807, 2.05) is 30.3 Å².